The molecule has 0 aromatic carbocycles. The summed E-state index contributed by atoms with van der Waals surface area (Å²) in [4.78, 5) is 51.2. The minimum Gasteiger partial charge on any atom is -0.671 e. The predicted molar refractivity (Wildman–Crippen MR) is 102 cm³/mol. The molecule has 0 radical (unpaired) electrons. The number of rotatable bonds is 10. The van der Waals surface area contributed by atoms with Crippen LogP contribution in [-0.2, 0) is 24.0 Å². The molecule has 2 unspecified atom stereocenters. The molecule has 0 aromatic rings. The Balaban J connectivity index is -0.0000000736. The predicted octanol–water partition coefficient (Wildman–Crippen LogP) is -1.09. The van der Waals surface area contributed by atoms with Gasteiger partial charge in [-0.3, -0.25) is 9.59 Å². The number of hydrogen-bond acceptors (Lipinski definition) is 5. The average molecular weight is 424 g/mol. The smallest absolute Gasteiger partial charge is 0.671 e. The van der Waals surface area contributed by atoms with Gasteiger partial charge in [0, 0.05) is 6.42 Å². The normalized spacial score (nSPS) is 9.96. The maximum atomic E-state index is 11.2. The van der Waals surface area contributed by atoms with Crippen molar-refractivity contribution in [1.29, 1.82) is 0 Å². The first-order chi connectivity index (χ1) is 10.3. The van der Waals surface area contributed by atoms with Gasteiger partial charge in [-0.15, -0.1) is 0 Å². The van der Waals surface area contributed by atoms with Crippen LogP contribution in [0.15, 0.2) is 0 Å². The van der Waals surface area contributed by atoms with Gasteiger partial charge in [0.05, 0.1) is 18.0 Å². The molecule has 2 atom stereocenters. The van der Waals surface area contributed by atoms with Gasteiger partial charge in [0.1, 0.15) is 5.78 Å². The van der Waals surface area contributed by atoms with Crippen molar-refractivity contribution in [1.82, 2.24) is 16.0 Å². The molecule has 0 fully saturated rings. The van der Waals surface area contributed by atoms with E-state index in [1.807, 2.05) is 0 Å². The maximum absolute atomic E-state index is 11.2. The first-order valence-corrected chi connectivity index (χ1v) is 6.24. The summed E-state index contributed by atoms with van der Waals surface area (Å²) in [5, 5.41) is 6.63. The largest absolute Gasteiger partial charge is 2.00 e. The Kier molecular flexibility index (Phi) is 42.6. The minimum absolute atomic E-state index is 0. The fraction of sp³-hybridized carbons (Fsp3) is 0.500. The van der Waals surface area contributed by atoms with Gasteiger partial charge in [-0.25, -0.2) is 0 Å². The number of Topliss-reactive ketones (excluding diaryl/α,β-unsaturated/α-hetero) is 1. The van der Waals surface area contributed by atoms with Crippen molar-refractivity contribution in [3.8, 4) is 0 Å². The van der Waals surface area contributed by atoms with Crippen molar-refractivity contribution in [3.05, 3.63) is 26.3 Å². The molecular formula is C14H25Ca2N5O5-2. The Labute approximate surface area is 215 Å². The zero-order chi connectivity index (χ0) is 17.5. The van der Waals surface area contributed by atoms with E-state index in [-0.39, 0.29) is 116 Å². The molecule has 4 amide bonds. The van der Waals surface area contributed by atoms with Crippen LogP contribution in [0.3, 0.4) is 0 Å². The van der Waals surface area contributed by atoms with Gasteiger partial charge < -0.3 is 56.7 Å². The second kappa shape index (κ2) is 27.3. The average Bonchev–Trinajstić information content (AvgIpc) is 2.47. The fourth-order valence-electron chi connectivity index (χ4n) is 0.953. The number of nitrogens with one attached hydrogen (secondary N) is 5. The Bertz CT molecular complexity index is 400. The van der Waals surface area contributed by atoms with Crippen LogP contribution < -0.4 is 16.0 Å². The van der Waals surface area contributed by atoms with E-state index in [1.54, 1.807) is 0 Å². The Morgan fingerprint density at radius 3 is 1.85 bits per heavy atom. The van der Waals surface area contributed by atoms with E-state index >= 15 is 0 Å². The first kappa shape index (κ1) is 40.6. The number of carbonyl (C=O) groups is 3. The van der Waals surface area contributed by atoms with Gasteiger partial charge >= 0.3 is 75.5 Å². The van der Waals surface area contributed by atoms with E-state index < -0.39 is 23.9 Å². The summed E-state index contributed by atoms with van der Waals surface area (Å²) in [7, 11) is 0. The summed E-state index contributed by atoms with van der Waals surface area (Å²) in [5.41, 5.74) is 13.1. The van der Waals surface area contributed by atoms with Crippen LogP contribution in [0.25, 0.3) is 11.5 Å². The molecule has 0 bridgehead atoms. The van der Waals surface area contributed by atoms with Crippen molar-refractivity contribution < 1.29 is 24.0 Å². The molecule has 0 spiro atoms. The quantitative estimate of drug-likeness (QED) is 0.175. The summed E-state index contributed by atoms with van der Waals surface area (Å²) < 4.78 is 0. The van der Waals surface area contributed by atoms with E-state index in [4.69, 9.17) is 11.5 Å². The topological polar surface area (TPSA) is 169 Å². The van der Waals surface area contributed by atoms with Crippen LogP contribution in [0.1, 0.15) is 20.3 Å². The van der Waals surface area contributed by atoms with Crippen molar-refractivity contribution in [3.63, 3.8) is 0 Å². The molecule has 0 aliphatic rings. The Morgan fingerprint density at radius 1 is 1.00 bits per heavy atom. The molecule has 142 valence electrons. The Hall–Kier alpha value is 0.0295. The SMILES string of the molecule is CC(NC(=O)C(C)N[C-]=O)C(=O)C[NH-].[CH3-].[CH3-].[Ca+2].[Ca+2].[NH-]C(=O)CCN[C-]=O. The van der Waals surface area contributed by atoms with Crippen LogP contribution in [0.2, 0.25) is 0 Å². The molecule has 0 heterocycles. The minimum atomic E-state index is -0.728. The van der Waals surface area contributed by atoms with Crippen molar-refractivity contribution in [2.75, 3.05) is 13.1 Å². The molecule has 0 aliphatic heterocycles. The van der Waals surface area contributed by atoms with Crippen LogP contribution in [-0.4, -0.2) is 131 Å². The molecule has 0 aliphatic carbocycles. The van der Waals surface area contributed by atoms with Gasteiger partial charge in [0.2, 0.25) is 5.91 Å². The third-order valence-electron chi connectivity index (χ3n) is 2.23. The van der Waals surface area contributed by atoms with E-state index in [0.29, 0.717) is 0 Å². The Morgan fingerprint density at radius 2 is 1.50 bits per heavy atom. The van der Waals surface area contributed by atoms with E-state index in [1.165, 1.54) is 26.7 Å². The molecule has 0 aromatic heterocycles. The molecule has 0 rings (SSSR count). The second-order valence-corrected chi connectivity index (χ2v) is 4.04. The molecule has 0 saturated heterocycles. The number of ketones is 1. The summed E-state index contributed by atoms with van der Waals surface area (Å²) in [5.74, 6) is -1.52. The number of amides is 4. The van der Waals surface area contributed by atoms with E-state index in [0.717, 1.165) is 0 Å². The molecule has 12 heteroatoms. The number of hydrogen-bond donors (Lipinski definition) is 3. The monoisotopic (exact) mass is 423 g/mol. The number of carbonyl (C=O) groups excluding carboxylic acids is 5. The third-order valence-corrected chi connectivity index (χ3v) is 2.23. The third kappa shape index (κ3) is 26.3. The second-order valence-electron chi connectivity index (χ2n) is 4.04. The first-order valence-electron chi connectivity index (χ1n) is 6.24. The van der Waals surface area contributed by atoms with Crippen LogP contribution >= 0.6 is 0 Å². The van der Waals surface area contributed by atoms with Crippen molar-refractivity contribution >= 4 is 106 Å². The van der Waals surface area contributed by atoms with Crippen LogP contribution in [0.5, 0.6) is 0 Å². The van der Waals surface area contributed by atoms with Gasteiger partial charge in [-0.05, 0) is 20.4 Å². The van der Waals surface area contributed by atoms with Gasteiger partial charge in [0.15, 0.2) is 0 Å². The van der Waals surface area contributed by atoms with Gasteiger partial charge in [0.25, 0.3) is 0 Å². The van der Waals surface area contributed by atoms with Crippen LogP contribution in [0.4, 0.5) is 0 Å². The zero-order valence-corrected chi connectivity index (χ0v) is 20.1. The molecule has 10 nitrogen and oxygen atoms in total. The van der Waals surface area contributed by atoms with Gasteiger partial charge in [-0.1, -0.05) is 6.54 Å². The van der Waals surface area contributed by atoms with E-state index in [2.05, 4.69) is 16.0 Å². The summed E-state index contributed by atoms with van der Waals surface area (Å²) in [6.07, 6.45) is 2.83. The zero-order valence-electron chi connectivity index (χ0n) is 15.7. The fourth-order valence-corrected chi connectivity index (χ4v) is 0.953. The molecule has 5 N–H and O–H groups in total. The molecule has 0 saturated carbocycles. The van der Waals surface area contributed by atoms with Gasteiger partial charge in [-0.2, -0.15) is 12.8 Å². The van der Waals surface area contributed by atoms with Crippen molar-refractivity contribution in [2.45, 2.75) is 32.4 Å². The molecule has 26 heavy (non-hydrogen) atoms. The van der Waals surface area contributed by atoms with E-state index in [9.17, 15) is 24.0 Å². The maximum Gasteiger partial charge on any atom is 2.00 e. The summed E-state index contributed by atoms with van der Waals surface area (Å²) in [6, 6.07) is -1.43. The molecular weight excluding hydrogens is 398 g/mol. The standard InChI is InChI=1S/C8H13N3O3.C4H7N2O2.2CH3.2Ca/c1-5(7(13)3-9)11-8(14)6(2)10-4-12;5-4(8)1-2-6-3-7;;;;/h5-6,9H,3H2,1-2H3,(H,10,12)(H,11,14);1-2H2,(H3,5,6,7,8);2*1H3;;/q-2;3*-1;2*+2/p-1. The van der Waals surface area contributed by atoms with Crippen LogP contribution in [0, 0.1) is 14.9 Å². The summed E-state index contributed by atoms with van der Waals surface area (Å²) >= 11 is 0. The van der Waals surface area contributed by atoms with Crippen molar-refractivity contribution in [2.24, 2.45) is 0 Å². The summed E-state index contributed by atoms with van der Waals surface area (Å²) in [6.45, 7) is 2.80.